The smallest absolute Gasteiger partial charge is 0.239 e. The first-order valence-electron chi connectivity index (χ1n) is 13.2. The molecule has 0 saturated heterocycles. The molecule has 1 unspecified atom stereocenters. The van der Waals surface area contributed by atoms with Gasteiger partial charge in [0.25, 0.3) is 0 Å². The predicted molar refractivity (Wildman–Crippen MR) is 151 cm³/mol. The zero-order chi connectivity index (χ0) is 26.7. The lowest BCUT2D eigenvalue weighted by Crippen LogP contribution is -2.42. The van der Waals surface area contributed by atoms with Gasteiger partial charge in [-0.1, -0.05) is 68.4 Å². The maximum Gasteiger partial charge on any atom is 0.239 e. The van der Waals surface area contributed by atoms with Crippen molar-refractivity contribution >= 4 is 23.1 Å². The number of methoxy groups -OCH3 is 1. The fourth-order valence-electron chi connectivity index (χ4n) is 5.59. The summed E-state index contributed by atoms with van der Waals surface area (Å²) in [5.41, 5.74) is 5.38. The van der Waals surface area contributed by atoms with Gasteiger partial charge in [0, 0.05) is 24.2 Å². The third kappa shape index (κ3) is 5.44. The number of fused-ring (bicyclic) bond motifs is 1. The van der Waals surface area contributed by atoms with Gasteiger partial charge in [0.05, 0.1) is 31.1 Å². The average molecular weight is 510 g/mol. The Labute approximate surface area is 224 Å². The molecule has 1 aliphatic heterocycles. The van der Waals surface area contributed by atoms with E-state index in [9.17, 15) is 9.59 Å². The van der Waals surface area contributed by atoms with Gasteiger partial charge in [-0.2, -0.15) is 0 Å². The molecule has 1 aliphatic carbocycles. The van der Waals surface area contributed by atoms with Gasteiger partial charge >= 0.3 is 0 Å². The van der Waals surface area contributed by atoms with Crippen LogP contribution in [0.3, 0.4) is 0 Å². The molecule has 0 aromatic heterocycles. The van der Waals surface area contributed by atoms with E-state index in [1.807, 2.05) is 66.7 Å². The minimum Gasteiger partial charge on any atom is -0.497 e. The summed E-state index contributed by atoms with van der Waals surface area (Å²) in [5.74, 6) is 0.737. The van der Waals surface area contributed by atoms with Crippen molar-refractivity contribution in [1.82, 2.24) is 5.32 Å². The van der Waals surface area contributed by atoms with Crippen LogP contribution in [0.15, 0.2) is 90.1 Å². The summed E-state index contributed by atoms with van der Waals surface area (Å²) in [6.45, 7) is 4.92. The standard InChI is InChI=1S/C32H35N3O3/c1-32(2)19-26-30(28(36)20-32)31(23-12-9-13-24(18-23)38-3)35(27-15-8-7-14-25(27)34-26)21-29(37)33-17-16-22-10-5-4-6-11-22/h4-15,18,31,34H,16-17,19-21H2,1-3H3,(H,33,37). The van der Waals surface area contributed by atoms with Crippen LogP contribution in [-0.2, 0) is 16.0 Å². The summed E-state index contributed by atoms with van der Waals surface area (Å²) in [6.07, 6.45) is 1.97. The summed E-state index contributed by atoms with van der Waals surface area (Å²) in [7, 11) is 1.64. The van der Waals surface area contributed by atoms with Gasteiger partial charge in [-0.05, 0) is 53.6 Å². The normalized spacial score (nSPS) is 18.1. The van der Waals surface area contributed by atoms with Crippen LogP contribution in [0, 0.1) is 5.41 Å². The van der Waals surface area contributed by atoms with Gasteiger partial charge in [-0.15, -0.1) is 0 Å². The molecule has 196 valence electrons. The van der Waals surface area contributed by atoms with Crippen molar-refractivity contribution in [2.45, 2.75) is 39.2 Å². The molecule has 38 heavy (non-hydrogen) atoms. The summed E-state index contributed by atoms with van der Waals surface area (Å²) >= 11 is 0. The maximum atomic E-state index is 13.8. The molecule has 5 rings (SSSR count). The van der Waals surface area contributed by atoms with Crippen molar-refractivity contribution in [2.24, 2.45) is 5.41 Å². The molecule has 0 fully saturated rings. The lowest BCUT2D eigenvalue weighted by Gasteiger charge is -2.38. The zero-order valence-corrected chi connectivity index (χ0v) is 22.3. The van der Waals surface area contributed by atoms with Gasteiger partial charge in [0.15, 0.2) is 5.78 Å². The van der Waals surface area contributed by atoms with Crippen LogP contribution in [0.4, 0.5) is 11.4 Å². The number of ketones is 1. The molecule has 2 aliphatic rings. The number of hydrogen-bond donors (Lipinski definition) is 2. The molecular formula is C32H35N3O3. The summed E-state index contributed by atoms with van der Waals surface area (Å²) < 4.78 is 5.54. The number of carbonyl (C=O) groups excluding carboxylic acids is 2. The molecule has 0 saturated carbocycles. The molecule has 1 heterocycles. The summed E-state index contributed by atoms with van der Waals surface area (Å²) in [6, 6.07) is 25.5. The number of amides is 1. The number of ether oxygens (including phenoxy) is 1. The van der Waals surface area contributed by atoms with Crippen LogP contribution >= 0.6 is 0 Å². The minimum absolute atomic E-state index is 0.0868. The van der Waals surface area contributed by atoms with Gasteiger partial charge in [0.1, 0.15) is 5.75 Å². The highest BCUT2D eigenvalue weighted by Gasteiger charge is 2.42. The highest BCUT2D eigenvalue weighted by molar-refractivity contribution is 6.01. The highest BCUT2D eigenvalue weighted by atomic mass is 16.5. The van der Waals surface area contributed by atoms with Crippen molar-refractivity contribution in [3.63, 3.8) is 0 Å². The molecule has 0 bridgehead atoms. The number of Topliss-reactive ketones (excluding diaryl/α,β-unsaturated/α-hetero) is 1. The maximum absolute atomic E-state index is 13.8. The van der Waals surface area contributed by atoms with Crippen LogP contribution in [0.25, 0.3) is 0 Å². The van der Waals surface area contributed by atoms with Crippen molar-refractivity contribution in [3.05, 3.63) is 101 Å². The van der Waals surface area contributed by atoms with Gasteiger partial charge < -0.3 is 20.3 Å². The molecule has 6 heteroatoms. The molecular weight excluding hydrogens is 474 g/mol. The van der Waals surface area contributed by atoms with Gasteiger partial charge in [0.2, 0.25) is 5.91 Å². The molecule has 0 radical (unpaired) electrons. The van der Waals surface area contributed by atoms with Crippen molar-refractivity contribution in [2.75, 3.05) is 30.4 Å². The monoisotopic (exact) mass is 509 g/mol. The fraction of sp³-hybridized carbons (Fsp3) is 0.312. The second-order valence-corrected chi connectivity index (χ2v) is 10.9. The minimum atomic E-state index is -0.431. The number of para-hydroxylation sites is 2. The van der Waals surface area contributed by atoms with Gasteiger partial charge in [-0.25, -0.2) is 0 Å². The van der Waals surface area contributed by atoms with E-state index in [1.165, 1.54) is 5.56 Å². The van der Waals surface area contributed by atoms with Crippen molar-refractivity contribution in [3.8, 4) is 5.75 Å². The second kappa shape index (κ2) is 10.7. The number of benzene rings is 3. The Balaban J connectivity index is 1.54. The first-order valence-corrected chi connectivity index (χ1v) is 13.2. The topological polar surface area (TPSA) is 70.7 Å². The van der Waals surface area contributed by atoms with Gasteiger partial charge in [-0.3, -0.25) is 9.59 Å². The number of allylic oxidation sites excluding steroid dienone is 1. The van der Waals surface area contributed by atoms with Crippen LogP contribution in [0.5, 0.6) is 5.75 Å². The predicted octanol–water partition coefficient (Wildman–Crippen LogP) is 5.67. The van der Waals surface area contributed by atoms with Crippen LogP contribution in [0.2, 0.25) is 0 Å². The van der Waals surface area contributed by atoms with E-state index in [1.54, 1.807) is 7.11 Å². The molecule has 1 atom stereocenters. The molecule has 1 amide bonds. The Morgan fingerprint density at radius 3 is 2.58 bits per heavy atom. The molecule has 0 spiro atoms. The number of anilines is 2. The van der Waals surface area contributed by atoms with Crippen LogP contribution < -0.4 is 20.3 Å². The summed E-state index contributed by atoms with van der Waals surface area (Å²) in [4.78, 5) is 29.2. The average Bonchev–Trinajstić information content (AvgIpc) is 3.03. The van der Waals surface area contributed by atoms with E-state index in [0.717, 1.165) is 41.1 Å². The third-order valence-corrected chi connectivity index (χ3v) is 7.31. The second-order valence-electron chi connectivity index (χ2n) is 10.9. The molecule has 2 N–H and O–H groups in total. The number of carbonyl (C=O) groups is 2. The van der Waals surface area contributed by atoms with E-state index in [4.69, 9.17) is 4.74 Å². The largest absolute Gasteiger partial charge is 0.497 e. The molecule has 6 nitrogen and oxygen atoms in total. The van der Waals surface area contributed by atoms with E-state index in [-0.39, 0.29) is 23.7 Å². The number of hydrogen-bond acceptors (Lipinski definition) is 5. The van der Waals surface area contributed by atoms with E-state index >= 15 is 0 Å². The summed E-state index contributed by atoms with van der Waals surface area (Å²) in [5, 5.41) is 6.69. The van der Waals surface area contributed by atoms with Crippen LogP contribution in [0.1, 0.15) is 43.9 Å². The molecule has 3 aromatic rings. The highest BCUT2D eigenvalue weighted by Crippen LogP contribution is 2.48. The Morgan fingerprint density at radius 1 is 1.03 bits per heavy atom. The van der Waals surface area contributed by atoms with Crippen molar-refractivity contribution < 1.29 is 14.3 Å². The number of rotatable bonds is 7. The Hall–Kier alpha value is -4.06. The van der Waals surface area contributed by atoms with E-state index < -0.39 is 6.04 Å². The lowest BCUT2D eigenvalue weighted by atomic mass is 9.73. The Kier molecular flexibility index (Phi) is 7.23. The lowest BCUT2D eigenvalue weighted by molar-refractivity contribution is -0.120. The quantitative estimate of drug-likeness (QED) is 0.429. The van der Waals surface area contributed by atoms with E-state index in [2.05, 4.69) is 41.5 Å². The zero-order valence-electron chi connectivity index (χ0n) is 22.3. The van der Waals surface area contributed by atoms with E-state index in [0.29, 0.717) is 18.7 Å². The number of nitrogens with zero attached hydrogens (tertiary/aromatic N) is 1. The Bertz CT molecular complexity index is 1360. The number of nitrogens with one attached hydrogen (secondary N) is 2. The Morgan fingerprint density at radius 2 is 1.79 bits per heavy atom. The SMILES string of the molecule is COc1cccc(C2C3=C(CC(C)(C)CC3=O)Nc3ccccc3N2CC(=O)NCCc2ccccc2)c1. The first kappa shape index (κ1) is 25.6. The van der Waals surface area contributed by atoms with Crippen molar-refractivity contribution in [1.29, 1.82) is 0 Å². The van der Waals surface area contributed by atoms with Crippen LogP contribution in [-0.4, -0.2) is 31.9 Å². The fourth-order valence-corrected chi connectivity index (χ4v) is 5.59. The first-order chi connectivity index (χ1) is 18.3. The third-order valence-electron chi connectivity index (χ3n) is 7.31. The molecule has 3 aromatic carbocycles.